The lowest BCUT2D eigenvalue weighted by Crippen LogP contribution is -2.54. The van der Waals surface area contributed by atoms with Crippen LogP contribution in [-0.2, 0) is 14.3 Å². The van der Waals surface area contributed by atoms with Gasteiger partial charge in [-0.3, -0.25) is 4.79 Å². The molecule has 0 unspecified atom stereocenters. The number of ether oxygens (including phenoxy) is 2. The van der Waals surface area contributed by atoms with Crippen molar-refractivity contribution in [3.05, 3.63) is 0 Å². The Kier molecular flexibility index (Phi) is 8.00. The first-order chi connectivity index (χ1) is 11.1. The van der Waals surface area contributed by atoms with Crippen LogP contribution in [0.5, 0.6) is 0 Å². The quantitative estimate of drug-likeness (QED) is 0.665. The zero-order valence-corrected chi connectivity index (χ0v) is 15.9. The summed E-state index contributed by atoms with van der Waals surface area (Å²) < 4.78 is 10.7. The zero-order chi connectivity index (χ0) is 18.2. The third-order valence-corrected chi connectivity index (χ3v) is 3.86. The van der Waals surface area contributed by atoms with Crippen LogP contribution in [0.25, 0.3) is 0 Å². The molecule has 6 nitrogen and oxygen atoms in total. The van der Waals surface area contributed by atoms with Gasteiger partial charge in [0.15, 0.2) is 0 Å². The van der Waals surface area contributed by atoms with E-state index in [0.29, 0.717) is 32.1 Å². The molecule has 1 fully saturated rings. The molecule has 6 heteroatoms. The number of alkyl carbamates (subject to hydrolysis) is 1. The average molecular weight is 342 g/mol. The second kappa shape index (κ2) is 9.25. The zero-order valence-electron chi connectivity index (χ0n) is 15.9. The van der Waals surface area contributed by atoms with E-state index in [2.05, 4.69) is 24.5 Å². The van der Waals surface area contributed by atoms with Gasteiger partial charge in [0.25, 0.3) is 0 Å². The van der Waals surface area contributed by atoms with Crippen molar-refractivity contribution >= 4 is 12.0 Å². The summed E-state index contributed by atoms with van der Waals surface area (Å²) in [5.41, 5.74) is -0.879. The predicted molar refractivity (Wildman–Crippen MR) is 93.9 cm³/mol. The maximum absolute atomic E-state index is 12.2. The molecule has 1 aliphatic carbocycles. The fourth-order valence-electron chi connectivity index (χ4n) is 2.80. The lowest BCUT2D eigenvalue weighted by molar-refractivity contribution is -0.124. The van der Waals surface area contributed by atoms with E-state index in [1.54, 1.807) is 0 Å². The third-order valence-electron chi connectivity index (χ3n) is 3.86. The minimum Gasteiger partial charge on any atom is -0.444 e. The number of nitrogens with one attached hydrogen (secondary N) is 2. The first-order valence-electron chi connectivity index (χ1n) is 8.97. The van der Waals surface area contributed by atoms with Crippen LogP contribution in [0.15, 0.2) is 0 Å². The Morgan fingerprint density at radius 2 is 1.79 bits per heavy atom. The monoisotopic (exact) mass is 342 g/mol. The number of rotatable bonds is 8. The normalized spacial score (nSPS) is 16.9. The van der Waals surface area contributed by atoms with Gasteiger partial charge < -0.3 is 20.1 Å². The number of carbonyl (C=O) groups excluding carboxylic acids is 2. The minimum absolute atomic E-state index is 0.0216. The van der Waals surface area contributed by atoms with E-state index < -0.39 is 11.7 Å². The highest BCUT2D eigenvalue weighted by molar-refractivity contribution is 5.77. The van der Waals surface area contributed by atoms with Crippen molar-refractivity contribution in [3.63, 3.8) is 0 Å². The van der Waals surface area contributed by atoms with Crippen LogP contribution in [0.1, 0.15) is 66.7 Å². The molecule has 0 heterocycles. The van der Waals surface area contributed by atoms with Gasteiger partial charge in [-0.25, -0.2) is 4.79 Å². The van der Waals surface area contributed by atoms with Gasteiger partial charge in [-0.05, 0) is 39.5 Å². The van der Waals surface area contributed by atoms with Crippen molar-refractivity contribution in [2.75, 3.05) is 19.8 Å². The van der Waals surface area contributed by atoms with E-state index >= 15 is 0 Å². The molecule has 0 atom stereocenters. The van der Waals surface area contributed by atoms with Crippen LogP contribution in [0, 0.1) is 5.92 Å². The van der Waals surface area contributed by atoms with E-state index in [1.807, 2.05) is 20.8 Å². The molecule has 1 saturated carbocycles. The van der Waals surface area contributed by atoms with Crippen LogP contribution in [-0.4, -0.2) is 42.9 Å². The average Bonchev–Trinajstić information content (AvgIpc) is 2.88. The summed E-state index contributed by atoms with van der Waals surface area (Å²) in [4.78, 5) is 24.0. The van der Waals surface area contributed by atoms with Crippen LogP contribution in [0.4, 0.5) is 4.79 Å². The van der Waals surface area contributed by atoms with Gasteiger partial charge in [-0.1, -0.05) is 26.7 Å². The summed E-state index contributed by atoms with van der Waals surface area (Å²) >= 11 is 0. The second-order valence-electron chi connectivity index (χ2n) is 8.11. The Hall–Kier alpha value is -1.30. The van der Waals surface area contributed by atoms with Crippen molar-refractivity contribution in [2.24, 2.45) is 5.92 Å². The first kappa shape index (κ1) is 20.7. The standard InChI is InChI=1S/C18H34N2O4/c1-14(2)12-23-11-8-15(21)20-18(9-6-7-10-18)13-19-16(22)24-17(3,4)5/h14H,6-13H2,1-5H3,(H,19,22)(H,20,21). The van der Waals surface area contributed by atoms with Crippen LogP contribution in [0.2, 0.25) is 0 Å². The Bertz CT molecular complexity index is 410. The number of amides is 2. The molecule has 1 aliphatic rings. The summed E-state index contributed by atoms with van der Waals surface area (Å²) in [7, 11) is 0. The minimum atomic E-state index is -0.524. The molecule has 0 aromatic rings. The molecule has 0 radical (unpaired) electrons. The molecule has 0 aromatic heterocycles. The van der Waals surface area contributed by atoms with Crippen molar-refractivity contribution in [3.8, 4) is 0 Å². The molecule has 0 bridgehead atoms. The Morgan fingerprint density at radius 1 is 1.17 bits per heavy atom. The smallest absolute Gasteiger partial charge is 0.407 e. The van der Waals surface area contributed by atoms with E-state index in [0.717, 1.165) is 25.7 Å². The summed E-state index contributed by atoms with van der Waals surface area (Å²) in [6.45, 7) is 11.1. The molecule has 0 aromatic carbocycles. The van der Waals surface area contributed by atoms with Crippen molar-refractivity contribution < 1.29 is 19.1 Å². The molecule has 2 amide bonds. The van der Waals surface area contributed by atoms with Gasteiger partial charge in [-0.15, -0.1) is 0 Å². The lowest BCUT2D eigenvalue weighted by Gasteiger charge is -2.31. The number of hydrogen-bond acceptors (Lipinski definition) is 4. The molecule has 0 spiro atoms. The van der Waals surface area contributed by atoms with Gasteiger partial charge in [0.2, 0.25) is 5.91 Å². The highest BCUT2D eigenvalue weighted by Gasteiger charge is 2.36. The second-order valence-corrected chi connectivity index (χ2v) is 8.11. The topological polar surface area (TPSA) is 76.7 Å². The van der Waals surface area contributed by atoms with Crippen LogP contribution in [0.3, 0.4) is 0 Å². The van der Waals surface area contributed by atoms with Gasteiger partial charge in [0, 0.05) is 19.6 Å². The predicted octanol–water partition coefficient (Wildman–Crippen LogP) is 3.00. The van der Waals surface area contributed by atoms with Gasteiger partial charge in [-0.2, -0.15) is 0 Å². The summed E-state index contributed by atoms with van der Waals surface area (Å²) in [6.07, 6.45) is 3.77. The van der Waals surface area contributed by atoms with Crippen LogP contribution >= 0.6 is 0 Å². The molecule has 2 N–H and O–H groups in total. The number of hydrogen-bond donors (Lipinski definition) is 2. The summed E-state index contributed by atoms with van der Waals surface area (Å²) in [5.74, 6) is 0.443. The molecule has 0 saturated heterocycles. The third kappa shape index (κ3) is 8.52. The SMILES string of the molecule is CC(C)COCCC(=O)NC1(CNC(=O)OC(C)(C)C)CCCC1. The fraction of sp³-hybridized carbons (Fsp3) is 0.889. The van der Waals surface area contributed by atoms with Gasteiger partial charge in [0.1, 0.15) is 5.60 Å². The van der Waals surface area contributed by atoms with Crippen molar-refractivity contribution in [1.82, 2.24) is 10.6 Å². The molecule has 0 aliphatic heterocycles. The molecule has 140 valence electrons. The van der Waals surface area contributed by atoms with Gasteiger partial charge >= 0.3 is 6.09 Å². The van der Waals surface area contributed by atoms with E-state index in [-0.39, 0.29) is 11.4 Å². The molecular formula is C18H34N2O4. The van der Waals surface area contributed by atoms with Crippen molar-refractivity contribution in [1.29, 1.82) is 0 Å². The fourth-order valence-corrected chi connectivity index (χ4v) is 2.80. The highest BCUT2D eigenvalue weighted by Crippen LogP contribution is 2.29. The molecule has 1 rings (SSSR count). The first-order valence-corrected chi connectivity index (χ1v) is 8.97. The molecular weight excluding hydrogens is 308 g/mol. The van der Waals surface area contributed by atoms with Gasteiger partial charge in [0.05, 0.1) is 12.1 Å². The maximum Gasteiger partial charge on any atom is 0.407 e. The van der Waals surface area contributed by atoms with E-state index in [4.69, 9.17) is 9.47 Å². The Labute approximate surface area is 146 Å². The lowest BCUT2D eigenvalue weighted by atomic mass is 9.97. The Balaban J connectivity index is 2.41. The van der Waals surface area contributed by atoms with E-state index in [9.17, 15) is 9.59 Å². The Morgan fingerprint density at radius 3 is 2.33 bits per heavy atom. The summed E-state index contributed by atoms with van der Waals surface area (Å²) in [5, 5.41) is 5.91. The van der Waals surface area contributed by atoms with E-state index in [1.165, 1.54) is 0 Å². The van der Waals surface area contributed by atoms with Crippen molar-refractivity contribution in [2.45, 2.75) is 77.9 Å². The van der Waals surface area contributed by atoms with Crippen LogP contribution < -0.4 is 10.6 Å². The number of carbonyl (C=O) groups is 2. The maximum atomic E-state index is 12.2. The molecule has 24 heavy (non-hydrogen) atoms. The summed E-state index contributed by atoms with van der Waals surface area (Å²) in [6, 6.07) is 0. The largest absolute Gasteiger partial charge is 0.444 e. The highest BCUT2D eigenvalue weighted by atomic mass is 16.6.